The molecule has 0 bridgehead atoms. The van der Waals surface area contributed by atoms with Crippen molar-refractivity contribution in [1.82, 2.24) is 10.3 Å². The average Bonchev–Trinajstić information content (AvgIpc) is 2.78. The fourth-order valence-corrected chi connectivity index (χ4v) is 3.82. The Hall–Kier alpha value is -3.73. The predicted octanol–water partition coefficient (Wildman–Crippen LogP) is 4.52. The minimum absolute atomic E-state index is 0.325. The molecule has 1 atom stereocenters. The van der Waals surface area contributed by atoms with E-state index in [4.69, 9.17) is 4.74 Å². The van der Waals surface area contributed by atoms with E-state index < -0.39 is 12.0 Å². The second-order valence-electron chi connectivity index (χ2n) is 7.69. The maximum atomic E-state index is 13.5. The van der Waals surface area contributed by atoms with E-state index in [1.54, 1.807) is 0 Å². The van der Waals surface area contributed by atoms with E-state index in [-0.39, 0.29) is 5.91 Å². The number of rotatable bonds is 5. The first-order valence-corrected chi connectivity index (χ1v) is 10.2. The summed E-state index contributed by atoms with van der Waals surface area (Å²) in [6.07, 6.45) is 0.348. The summed E-state index contributed by atoms with van der Waals surface area (Å²) < 4.78 is 4.98. The molecule has 0 spiro atoms. The molecule has 3 aromatic carbocycles. The van der Waals surface area contributed by atoms with Crippen molar-refractivity contribution in [3.05, 3.63) is 89.0 Å². The minimum Gasteiger partial charge on any atom is -0.467 e. The molecule has 156 valence electrons. The van der Waals surface area contributed by atoms with Crippen molar-refractivity contribution in [1.29, 1.82) is 0 Å². The van der Waals surface area contributed by atoms with Crippen LogP contribution in [0, 0.1) is 13.8 Å². The van der Waals surface area contributed by atoms with Crippen molar-refractivity contribution in [2.24, 2.45) is 0 Å². The molecule has 1 aromatic heterocycles. The van der Waals surface area contributed by atoms with Crippen LogP contribution in [-0.2, 0) is 16.0 Å². The van der Waals surface area contributed by atoms with Gasteiger partial charge in [-0.2, -0.15) is 0 Å². The molecule has 0 saturated carbocycles. The summed E-state index contributed by atoms with van der Waals surface area (Å²) >= 11 is 0. The molecular formula is C26H24N2O3. The van der Waals surface area contributed by atoms with Crippen LogP contribution in [0.3, 0.4) is 0 Å². The molecule has 0 radical (unpaired) electrons. The topological polar surface area (TPSA) is 68.3 Å². The maximum absolute atomic E-state index is 13.5. The number of fused-ring (bicyclic) bond motifs is 2. The van der Waals surface area contributed by atoms with Gasteiger partial charge >= 0.3 is 5.97 Å². The second-order valence-corrected chi connectivity index (χ2v) is 7.69. The van der Waals surface area contributed by atoms with Gasteiger partial charge in [-0.05, 0) is 42.7 Å². The van der Waals surface area contributed by atoms with Gasteiger partial charge in [0.25, 0.3) is 5.91 Å². The summed E-state index contributed by atoms with van der Waals surface area (Å²) in [5.41, 5.74) is 5.25. The second kappa shape index (κ2) is 8.56. The quantitative estimate of drug-likeness (QED) is 0.387. The number of esters is 1. The Bertz CT molecular complexity index is 1240. The SMILES string of the molecule is COC(=O)[C@@H](Cc1ccc(C)c(C)c1)NC(=O)c1c2ccccc2nc2ccccc12. The van der Waals surface area contributed by atoms with E-state index in [2.05, 4.69) is 10.3 Å². The number of aromatic nitrogens is 1. The maximum Gasteiger partial charge on any atom is 0.328 e. The summed E-state index contributed by atoms with van der Waals surface area (Å²) in [6.45, 7) is 4.07. The molecule has 5 heteroatoms. The molecule has 0 fully saturated rings. The number of nitrogens with one attached hydrogen (secondary N) is 1. The molecule has 0 aliphatic carbocycles. The van der Waals surface area contributed by atoms with Crippen molar-refractivity contribution < 1.29 is 14.3 Å². The molecule has 4 aromatic rings. The summed E-state index contributed by atoms with van der Waals surface area (Å²) in [7, 11) is 1.33. The number of aryl methyl sites for hydroxylation is 2. The van der Waals surface area contributed by atoms with Crippen LogP contribution < -0.4 is 5.32 Å². The van der Waals surface area contributed by atoms with E-state index in [1.165, 1.54) is 12.7 Å². The first-order valence-electron chi connectivity index (χ1n) is 10.2. The largest absolute Gasteiger partial charge is 0.467 e. The van der Waals surface area contributed by atoms with Gasteiger partial charge in [0, 0.05) is 17.2 Å². The highest BCUT2D eigenvalue weighted by atomic mass is 16.5. The van der Waals surface area contributed by atoms with Crippen LogP contribution in [0.4, 0.5) is 0 Å². The number of hydrogen-bond acceptors (Lipinski definition) is 4. The van der Waals surface area contributed by atoms with Crippen LogP contribution in [0.2, 0.25) is 0 Å². The summed E-state index contributed by atoms with van der Waals surface area (Å²) in [4.78, 5) is 30.6. The Kier molecular flexibility index (Phi) is 5.67. The van der Waals surface area contributed by atoms with Crippen LogP contribution in [0.1, 0.15) is 27.0 Å². The molecule has 1 amide bonds. The smallest absolute Gasteiger partial charge is 0.328 e. The number of pyridine rings is 1. The Morgan fingerprint density at radius 1 is 0.903 bits per heavy atom. The van der Waals surface area contributed by atoms with Crippen LogP contribution in [-0.4, -0.2) is 30.0 Å². The Balaban J connectivity index is 1.74. The summed E-state index contributed by atoms with van der Waals surface area (Å²) in [6, 6.07) is 20.3. The third-order valence-corrected chi connectivity index (χ3v) is 5.62. The number of carbonyl (C=O) groups is 2. The van der Waals surface area contributed by atoms with Crippen LogP contribution in [0.15, 0.2) is 66.7 Å². The molecular weight excluding hydrogens is 388 g/mol. The van der Waals surface area contributed by atoms with Gasteiger partial charge in [-0.15, -0.1) is 0 Å². The fraction of sp³-hybridized carbons (Fsp3) is 0.192. The number of para-hydroxylation sites is 2. The van der Waals surface area contributed by atoms with Gasteiger partial charge in [0.2, 0.25) is 0 Å². The Morgan fingerprint density at radius 2 is 1.52 bits per heavy atom. The van der Waals surface area contributed by atoms with Crippen LogP contribution in [0.25, 0.3) is 21.8 Å². The zero-order valence-electron chi connectivity index (χ0n) is 17.8. The van der Waals surface area contributed by atoms with Gasteiger partial charge in [0.05, 0.1) is 23.7 Å². The van der Waals surface area contributed by atoms with E-state index in [9.17, 15) is 9.59 Å². The monoisotopic (exact) mass is 412 g/mol. The molecule has 0 saturated heterocycles. The van der Waals surface area contributed by atoms with Crippen LogP contribution >= 0.6 is 0 Å². The summed E-state index contributed by atoms with van der Waals surface area (Å²) in [5.74, 6) is -0.803. The van der Waals surface area contributed by atoms with Crippen molar-refractivity contribution >= 4 is 33.7 Å². The van der Waals surface area contributed by atoms with Gasteiger partial charge in [-0.3, -0.25) is 4.79 Å². The molecule has 1 heterocycles. The minimum atomic E-state index is -0.801. The van der Waals surface area contributed by atoms with Gasteiger partial charge in [-0.1, -0.05) is 54.6 Å². The first kappa shape index (κ1) is 20.5. The lowest BCUT2D eigenvalue weighted by Crippen LogP contribution is -2.43. The Morgan fingerprint density at radius 3 is 2.10 bits per heavy atom. The van der Waals surface area contributed by atoms with Gasteiger partial charge < -0.3 is 10.1 Å². The number of benzene rings is 3. The lowest BCUT2D eigenvalue weighted by atomic mass is 9.99. The molecule has 4 rings (SSSR count). The molecule has 5 nitrogen and oxygen atoms in total. The third-order valence-electron chi connectivity index (χ3n) is 5.62. The van der Waals surface area contributed by atoms with Gasteiger partial charge in [-0.25, -0.2) is 9.78 Å². The average molecular weight is 412 g/mol. The number of hydrogen-bond donors (Lipinski definition) is 1. The van der Waals surface area contributed by atoms with E-state index >= 15 is 0 Å². The van der Waals surface area contributed by atoms with E-state index in [0.29, 0.717) is 12.0 Å². The van der Waals surface area contributed by atoms with Crippen molar-refractivity contribution in [2.45, 2.75) is 26.3 Å². The van der Waals surface area contributed by atoms with Crippen molar-refractivity contribution in [2.75, 3.05) is 7.11 Å². The highest BCUT2D eigenvalue weighted by Crippen LogP contribution is 2.26. The number of nitrogens with zero attached hydrogens (tertiary/aromatic N) is 1. The van der Waals surface area contributed by atoms with E-state index in [0.717, 1.165) is 32.9 Å². The third kappa shape index (κ3) is 4.12. The lowest BCUT2D eigenvalue weighted by molar-refractivity contribution is -0.142. The Labute approximate surface area is 181 Å². The van der Waals surface area contributed by atoms with Crippen molar-refractivity contribution in [3.8, 4) is 0 Å². The fourth-order valence-electron chi connectivity index (χ4n) is 3.82. The number of methoxy groups -OCH3 is 1. The predicted molar refractivity (Wildman–Crippen MR) is 122 cm³/mol. The zero-order valence-corrected chi connectivity index (χ0v) is 17.8. The molecule has 0 unspecified atom stereocenters. The first-order chi connectivity index (χ1) is 15.0. The zero-order chi connectivity index (χ0) is 22.0. The van der Waals surface area contributed by atoms with Gasteiger partial charge in [0.1, 0.15) is 6.04 Å². The molecule has 1 N–H and O–H groups in total. The normalized spacial score (nSPS) is 12.0. The van der Waals surface area contributed by atoms with Gasteiger partial charge in [0.15, 0.2) is 0 Å². The van der Waals surface area contributed by atoms with Crippen molar-refractivity contribution in [3.63, 3.8) is 0 Å². The number of carbonyl (C=O) groups excluding carboxylic acids is 2. The standard InChI is InChI=1S/C26H24N2O3/c1-16-12-13-18(14-17(16)2)15-23(26(30)31-3)28-25(29)24-19-8-4-6-10-21(19)27-22-11-7-5-9-20(22)24/h4-14,23H,15H2,1-3H3,(H,28,29)/t23-/m1/s1. The number of ether oxygens (including phenoxy) is 1. The highest BCUT2D eigenvalue weighted by molar-refractivity contribution is 6.16. The van der Waals surface area contributed by atoms with E-state index in [1.807, 2.05) is 80.6 Å². The molecule has 31 heavy (non-hydrogen) atoms. The lowest BCUT2D eigenvalue weighted by Gasteiger charge is -2.19. The van der Waals surface area contributed by atoms with Crippen LogP contribution in [0.5, 0.6) is 0 Å². The highest BCUT2D eigenvalue weighted by Gasteiger charge is 2.25. The summed E-state index contributed by atoms with van der Waals surface area (Å²) in [5, 5.41) is 4.40. The molecule has 0 aliphatic heterocycles. The molecule has 0 aliphatic rings. The number of amides is 1.